The van der Waals surface area contributed by atoms with Crippen LogP contribution in [0.15, 0.2) is 65.6 Å². The van der Waals surface area contributed by atoms with Gasteiger partial charge in [-0.05, 0) is 41.5 Å². The molecule has 0 saturated heterocycles. The highest BCUT2D eigenvalue weighted by Crippen LogP contribution is 2.31. The van der Waals surface area contributed by atoms with Crippen molar-refractivity contribution < 1.29 is 22.6 Å². The Balaban J connectivity index is 1.57. The Labute approximate surface area is 199 Å². The predicted octanol–water partition coefficient (Wildman–Crippen LogP) is 4.73. The van der Waals surface area contributed by atoms with Crippen molar-refractivity contribution in [2.75, 3.05) is 14.2 Å². The van der Waals surface area contributed by atoms with Crippen LogP contribution in [0.4, 0.5) is 13.2 Å². The molecule has 182 valence electrons. The summed E-state index contributed by atoms with van der Waals surface area (Å²) in [4.78, 5) is 19.6. The van der Waals surface area contributed by atoms with Gasteiger partial charge in [-0.15, -0.1) is 0 Å². The summed E-state index contributed by atoms with van der Waals surface area (Å²) in [6.07, 6.45) is -2.37. The second kappa shape index (κ2) is 9.65. The number of aromatic amines is 1. The standard InChI is InChI=1S/C25H23F3N4O3/c1-15(17-5-7-18(8-6-17)25(26,27)28)19-10-11-32(31-19)23-14-24(33)30-22(29-23)13-16-4-9-20(34-2)21(12-16)35-3/h4-12,14-15H,13H2,1-3H3,(H,29,30,33)/t15-/m0/s1. The van der Waals surface area contributed by atoms with E-state index in [9.17, 15) is 18.0 Å². The van der Waals surface area contributed by atoms with Gasteiger partial charge in [0.25, 0.3) is 5.56 Å². The van der Waals surface area contributed by atoms with Crippen LogP contribution in [0.25, 0.3) is 5.82 Å². The molecule has 0 amide bonds. The number of benzene rings is 2. The Morgan fingerprint density at radius 1 is 1.00 bits per heavy atom. The first-order valence-electron chi connectivity index (χ1n) is 10.7. The molecule has 2 heterocycles. The summed E-state index contributed by atoms with van der Waals surface area (Å²) >= 11 is 0. The van der Waals surface area contributed by atoms with E-state index in [1.165, 1.54) is 22.9 Å². The topological polar surface area (TPSA) is 82.0 Å². The minimum atomic E-state index is -4.38. The highest BCUT2D eigenvalue weighted by molar-refractivity contribution is 5.43. The van der Waals surface area contributed by atoms with Crippen LogP contribution in [0.1, 0.15) is 41.1 Å². The monoisotopic (exact) mass is 484 g/mol. The molecule has 0 bridgehead atoms. The van der Waals surface area contributed by atoms with E-state index >= 15 is 0 Å². The number of H-pyrrole nitrogens is 1. The molecule has 0 fully saturated rings. The van der Waals surface area contributed by atoms with Gasteiger partial charge in [-0.3, -0.25) is 4.79 Å². The van der Waals surface area contributed by atoms with Crippen LogP contribution >= 0.6 is 0 Å². The summed E-state index contributed by atoms with van der Waals surface area (Å²) in [5.74, 6) is 1.67. The number of nitrogens with zero attached hydrogens (tertiary/aromatic N) is 3. The Morgan fingerprint density at radius 2 is 1.71 bits per heavy atom. The molecule has 1 N–H and O–H groups in total. The SMILES string of the molecule is COc1ccc(Cc2nc(-n3ccc([C@@H](C)c4ccc(C(F)(F)F)cc4)n3)cc(=O)[nH]2)cc1OC. The summed E-state index contributed by atoms with van der Waals surface area (Å²) in [6, 6.07) is 13.5. The summed E-state index contributed by atoms with van der Waals surface area (Å²) in [5, 5.41) is 4.51. The van der Waals surface area contributed by atoms with Crippen LogP contribution in [-0.4, -0.2) is 34.0 Å². The molecular weight excluding hydrogens is 461 g/mol. The van der Waals surface area contributed by atoms with Crippen molar-refractivity contribution in [3.8, 4) is 17.3 Å². The molecule has 7 nitrogen and oxygen atoms in total. The van der Waals surface area contributed by atoms with Crippen LogP contribution in [0.3, 0.4) is 0 Å². The van der Waals surface area contributed by atoms with Crippen LogP contribution in [0.5, 0.6) is 11.5 Å². The van der Waals surface area contributed by atoms with Crippen molar-refractivity contribution in [3.63, 3.8) is 0 Å². The summed E-state index contributed by atoms with van der Waals surface area (Å²) < 4.78 is 50.6. The van der Waals surface area contributed by atoms with Gasteiger partial charge in [0.1, 0.15) is 5.82 Å². The second-order valence-corrected chi connectivity index (χ2v) is 7.94. The molecule has 4 aromatic rings. The Bertz CT molecular complexity index is 1380. The lowest BCUT2D eigenvalue weighted by molar-refractivity contribution is -0.137. The minimum absolute atomic E-state index is 0.258. The van der Waals surface area contributed by atoms with Crippen molar-refractivity contribution in [2.24, 2.45) is 0 Å². The average molecular weight is 484 g/mol. The lowest BCUT2D eigenvalue weighted by Gasteiger charge is -2.12. The third-order valence-electron chi connectivity index (χ3n) is 5.62. The number of rotatable bonds is 7. The van der Waals surface area contributed by atoms with Gasteiger partial charge in [0.05, 0.1) is 25.5 Å². The first-order chi connectivity index (χ1) is 16.7. The average Bonchev–Trinajstić information content (AvgIpc) is 3.33. The molecule has 0 aliphatic carbocycles. The third kappa shape index (κ3) is 5.37. The molecule has 10 heteroatoms. The molecule has 0 spiro atoms. The van der Waals surface area contributed by atoms with Crippen molar-refractivity contribution in [1.29, 1.82) is 0 Å². The quantitative estimate of drug-likeness (QED) is 0.410. The van der Waals surface area contributed by atoms with E-state index in [0.717, 1.165) is 17.7 Å². The zero-order valence-electron chi connectivity index (χ0n) is 19.3. The van der Waals surface area contributed by atoms with Crippen molar-refractivity contribution in [2.45, 2.75) is 25.4 Å². The van der Waals surface area contributed by atoms with Gasteiger partial charge in [-0.25, -0.2) is 9.67 Å². The van der Waals surface area contributed by atoms with Crippen molar-refractivity contribution >= 4 is 0 Å². The maximum absolute atomic E-state index is 12.8. The van der Waals surface area contributed by atoms with Crippen molar-refractivity contribution in [3.05, 3.63) is 99.4 Å². The van der Waals surface area contributed by atoms with Crippen LogP contribution in [-0.2, 0) is 12.6 Å². The number of aromatic nitrogens is 4. The molecular formula is C25H23F3N4O3. The van der Waals surface area contributed by atoms with E-state index in [1.807, 2.05) is 19.1 Å². The third-order valence-corrected chi connectivity index (χ3v) is 5.62. The van der Waals surface area contributed by atoms with E-state index in [-0.39, 0.29) is 11.5 Å². The fourth-order valence-electron chi connectivity index (χ4n) is 3.71. The number of nitrogens with one attached hydrogen (secondary N) is 1. The van der Waals surface area contributed by atoms with Crippen molar-refractivity contribution in [1.82, 2.24) is 19.7 Å². The number of hydrogen-bond donors (Lipinski definition) is 1. The van der Waals surface area contributed by atoms with E-state index in [1.54, 1.807) is 32.5 Å². The van der Waals surface area contributed by atoms with Gasteiger partial charge >= 0.3 is 6.18 Å². The van der Waals surface area contributed by atoms with Crippen LogP contribution in [0, 0.1) is 0 Å². The number of methoxy groups -OCH3 is 2. The maximum Gasteiger partial charge on any atom is 0.416 e. The number of alkyl halides is 3. The molecule has 2 aromatic heterocycles. The highest BCUT2D eigenvalue weighted by Gasteiger charge is 2.30. The van der Waals surface area contributed by atoms with Gasteiger partial charge in [-0.2, -0.15) is 18.3 Å². The fourth-order valence-corrected chi connectivity index (χ4v) is 3.71. The Kier molecular flexibility index (Phi) is 6.63. The smallest absolute Gasteiger partial charge is 0.416 e. The molecule has 0 aliphatic heterocycles. The zero-order chi connectivity index (χ0) is 25.2. The molecule has 0 radical (unpaired) electrons. The summed E-state index contributed by atoms with van der Waals surface area (Å²) in [7, 11) is 3.10. The Hall–Kier alpha value is -4.08. The summed E-state index contributed by atoms with van der Waals surface area (Å²) in [5.41, 5.74) is 1.15. The molecule has 4 rings (SSSR count). The van der Waals surface area contributed by atoms with Crippen LogP contribution in [0.2, 0.25) is 0 Å². The molecule has 35 heavy (non-hydrogen) atoms. The fraction of sp³-hybridized carbons (Fsp3) is 0.240. The zero-order valence-corrected chi connectivity index (χ0v) is 19.3. The van der Waals surface area contributed by atoms with E-state index < -0.39 is 11.7 Å². The number of ether oxygens (including phenoxy) is 2. The van der Waals surface area contributed by atoms with E-state index in [0.29, 0.717) is 40.8 Å². The molecule has 2 aromatic carbocycles. The maximum atomic E-state index is 12.8. The molecule has 1 atom stereocenters. The largest absolute Gasteiger partial charge is 0.493 e. The number of halogens is 3. The van der Waals surface area contributed by atoms with Crippen LogP contribution < -0.4 is 15.0 Å². The first-order valence-corrected chi connectivity index (χ1v) is 10.7. The van der Waals surface area contributed by atoms with E-state index in [2.05, 4.69) is 15.1 Å². The normalized spacial score (nSPS) is 12.4. The lowest BCUT2D eigenvalue weighted by Crippen LogP contribution is -2.15. The predicted molar refractivity (Wildman–Crippen MR) is 123 cm³/mol. The molecule has 0 saturated carbocycles. The highest BCUT2D eigenvalue weighted by atomic mass is 19.4. The molecule has 0 aliphatic rings. The number of hydrogen-bond acceptors (Lipinski definition) is 5. The van der Waals surface area contributed by atoms with Gasteiger partial charge < -0.3 is 14.5 Å². The lowest BCUT2D eigenvalue weighted by atomic mass is 9.97. The Morgan fingerprint density at radius 3 is 2.37 bits per heavy atom. The molecule has 0 unspecified atom stereocenters. The van der Waals surface area contributed by atoms with Gasteiger partial charge in [-0.1, -0.05) is 25.1 Å². The first kappa shape index (κ1) is 24.1. The second-order valence-electron chi connectivity index (χ2n) is 7.94. The minimum Gasteiger partial charge on any atom is -0.493 e. The summed E-state index contributed by atoms with van der Waals surface area (Å²) in [6.45, 7) is 1.85. The van der Waals surface area contributed by atoms with Gasteiger partial charge in [0.15, 0.2) is 17.3 Å². The van der Waals surface area contributed by atoms with E-state index in [4.69, 9.17) is 9.47 Å². The van der Waals surface area contributed by atoms with Gasteiger partial charge in [0, 0.05) is 24.6 Å². The van der Waals surface area contributed by atoms with Gasteiger partial charge in [0.2, 0.25) is 0 Å².